The van der Waals surface area contributed by atoms with Crippen molar-refractivity contribution in [2.24, 2.45) is 17.6 Å². The SMILES string of the molecule is CC[C@H](C)C(=O)NC.CC[C@H](C)C(=O)O.CN. The van der Waals surface area contributed by atoms with E-state index in [1.165, 1.54) is 7.05 Å². The highest BCUT2D eigenvalue weighted by Gasteiger charge is 2.05. The zero-order valence-electron chi connectivity index (χ0n) is 11.9. The minimum atomic E-state index is -0.706. The molecule has 0 aliphatic carbocycles. The molecule has 0 aromatic heterocycles. The summed E-state index contributed by atoms with van der Waals surface area (Å²) >= 11 is 0. The van der Waals surface area contributed by atoms with Gasteiger partial charge in [0.2, 0.25) is 5.91 Å². The lowest BCUT2D eigenvalue weighted by molar-refractivity contribution is -0.141. The lowest BCUT2D eigenvalue weighted by Crippen LogP contribution is -2.24. The summed E-state index contributed by atoms with van der Waals surface area (Å²) in [5.41, 5.74) is 4.50. The molecular formula is C12H28N2O3. The molecule has 5 nitrogen and oxygen atoms in total. The predicted octanol–water partition coefficient (Wildman–Crippen LogP) is 1.47. The van der Waals surface area contributed by atoms with Crippen LogP contribution in [0.1, 0.15) is 40.5 Å². The van der Waals surface area contributed by atoms with Crippen molar-refractivity contribution in [3.8, 4) is 0 Å². The molecule has 0 radical (unpaired) electrons. The zero-order chi connectivity index (χ0) is 14.4. The molecule has 1 amide bonds. The van der Waals surface area contributed by atoms with Crippen LogP contribution < -0.4 is 11.1 Å². The Kier molecular flexibility index (Phi) is 18.6. The van der Waals surface area contributed by atoms with Crippen molar-refractivity contribution < 1.29 is 14.7 Å². The highest BCUT2D eigenvalue weighted by Crippen LogP contribution is 1.98. The number of amides is 1. The first-order valence-corrected chi connectivity index (χ1v) is 5.92. The molecule has 0 spiro atoms. The van der Waals surface area contributed by atoms with Gasteiger partial charge in [-0.25, -0.2) is 0 Å². The summed E-state index contributed by atoms with van der Waals surface area (Å²) in [4.78, 5) is 20.6. The number of nitrogens with two attached hydrogens (primary N) is 1. The monoisotopic (exact) mass is 248 g/mol. The summed E-state index contributed by atoms with van der Waals surface area (Å²) in [6, 6.07) is 0. The molecule has 0 saturated carbocycles. The van der Waals surface area contributed by atoms with Crippen LogP contribution in [-0.4, -0.2) is 31.1 Å². The van der Waals surface area contributed by atoms with E-state index in [0.717, 1.165) is 12.8 Å². The molecule has 0 unspecified atom stereocenters. The van der Waals surface area contributed by atoms with Crippen LogP contribution in [0.4, 0.5) is 0 Å². The molecule has 0 fully saturated rings. The maximum Gasteiger partial charge on any atom is 0.306 e. The molecule has 0 saturated heterocycles. The van der Waals surface area contributed by atoms with Gasteiger partial charge in [0.1, 0.15) is 0 Å². The zero-order valence-corrected chi connectivity index (χ0v) is 11.9. The third kappa shape index (κ3) is 14.9. The number of carboxylic acids is 1. The number of carbonyl (C=O) groups is 2. The fourth-order valence-corrected chi connectivity index (χ4v) is 0.606. The van der Waals surface area contributed by atoms with Crippen molar-refractivity contribution in [3.63, 3.8) is 0 Å². The largest absolute Gasteiger partial charge is 0.481 e. The Morgan fingerprint density at radius 2 is 1.47 bits per heavy atom. The fraction of sp³-hybridized carbons (Fsp3) is 0.833. The fourth-order valence-electron chi connectivity index (χ4n) is 0.606. The minimum absolute atomic E-state index is 0.132. The van der Waals surface area contributed by atoms with Crippen LogP contribution in [0.15, 0.2) is 0 Å². The highest BCUT2D eigenvalue weighted by atomic mass is 16.4. The summed E-state index contributed by atoms with van der Waals surface area (Å²) in [5.74, 6) is -0.588. The van der Waals surface area contributed by atoms with Crippen LogP contribution in [0.2, 0.25) is 0 Å². The van der Waals surface area contributed by atoms with E-state index in [2.05, 4.69) is 11.1 Å². The number of carboxylic acid groups (broad SMARTS) is 1. The summed E-state index contributed by atoms with van der Waals surface area (Å²) in [6.45, 7) is 7.47. The number of hydrogen-bond acceptors (Lipinski definition) is 3. The molecule has 0 aliphatic heterocycles. The molecule has 0 aliphatic rings. The quantitative estimate of drug-likeness (QED) is 0.702. The molecule has 2 atom stereocenters. The van der Waals surface area contributed by atoms with E-state index in [9.17, 15) is 9.59 Å². The van der Waals surface area contributed by atoms with Gasteiger partial charge in [-0.3, -0.25) is 9.59 Å². The van der Waals surface area contributed by atoms with Crippen LogP contribution >= 0.6 is 0 Å². The molecule has 0 aromatic rings. The Bertz CT molecular complexity index is 196. The van der Waals surface area contributed by atoms with Gasteiger partial charge < -0.3 is 16.2 Å². The van der Waals surface area contributed by atoms with Gasteiger partial charge in [0.05, 0.1) is 5.92 Å². The Morgan fingerprint density at radius 3 is 1.53 bits per heavy atom. The van der Waals surface area contributed by atoms with E-state index in [4.69, 9.17) is 5.11 Å². The summed E-state index contributed by atoms with van der Waals surface area (Å²) in [6.07, 6.45) is 1.63. The molecule has 0 rings (SSSR count). The van der Waals surface area contributed by atoms with E-state index in [0.29, 0.717) is 0 Å². The van der Waals surface area contributed by atoms with Crippen LogP contribution in [0.5, 0.6) is 0 Å². The number of nitrogens with one attached hydrogen (secondary N) is 1. The van der Waals surface area contributed by atoms with Crippen molar-refractivity contribution in [3.05, 3.63) is 0 Å². The minimum Gasteiger partial charge on any atom is -0.481 e. The van der Waals surface area contributed by atoms with Crippen molar-refractivity contribution in [1.82, 2.24) is 5.32 Å². The van der Waals surface area contributed by atoms with Gasteiger partial charge in [-0.15, -0.1) is 0 Å². The standard InChI is InChI=1S/C6H13NO.C5H10O2.CH5N/c1-4-5(2)6(8)7-3;1-3-4(2)5(6)7;1-2/h5H,4H2,1-3H3,(H,7,8);4H,3H2,1-2H3,(H,6,7);2H2,1H3/t5-;4-;/m00./s1. The number of aliphatic carboxylic acids is 1. The molecule has 104 valence electrons. The van der Waals surface area contributed by atoms with Crippen LogP contribution in [0.3, 0.4) is 0 Å². The van der Waals surface area contributed by atoms with Gasteiger partial charge in [-0.05, 0) is 19.9 Å². The summed E-state index contributed by atoms with van der Waals surface area (Å²) in [5, 5.41) is 10.8. The molecular weight excluding hydrogens is 220 g/mol. The maximum atomic E-state index is 10.6. The average molecular weight is 248 g/mol. The van der Waals surface area contributed by atoms with Gasteiger partial charge in [-0.2, -0.15) is 0 Å². The van der Waals surface area contributed by atoms with Crippen molar-refractivity contribution in [1.29, 1.82) is 0 Å². The van der Waals surface area contributed by atoms with Crippen LogP contribution in [0, 0.1) is 11.8 Å². The van der Waals surface area contributed by atoms with Gasteiger partial charge in [-0.1, -0.05) is 27.7 Å². The second-order valence-electron chi connectivity index (χ2n) is 3.57. The van der Waals surface area contributed by atoms with E-state index in [1.54, 1.807) is 14.0 Å². The third-order valence-corrected chi connectivity index (χ3v) is 2.34. The summed E-state index contributed by atoms with van der Waals surface area (Å²) in [7, 11) is 3.16. The molecule has 4 N–H and O–H groups in total. The van der Waals surface area contributed by atoms with Crippen molar-refractivity contribution in [2.75, 3.05) is 14.1 Å². The van der Waals surface area contributed by atoms with Gasteiger partial charge in [0.25, 0.3) is 0 Å². The van der Waals surface area contributed by atoms with Gasteiger partial charge in [0, 0.05) is 13.0 Å². The predicted molar refractivity (Wildman–Crippen MR) is 70.7 cm³/mol. The lowest BCUT2D eigenvalue weighted by atomic mass is 10.1. The maximum absolute atomic E-state index is 10.6. The molecule has 0 bridgehead atoms. The Labute approximate surface area is 105 Å². The number of rotatable bonds is 4. The molecule has 0 heterocycles. The summed E-state index contributed by atoms with van der Waals surface area (Å²) < 4.78 is 0. The normalized spacial score (nSPS) is 11.9. The highest BCUT2D eigenvalue weighted by molar-refractivity contribution is 5.77. The van der Waals surface area contributed by atoms with E-state index >= 15 is 0 Å². The average Bonchev–Trinajstić information content (AvgIpc) is 2.38. The van der Waals surface area contributed by atoms with Crippen LogP contribution in [-0.2, 0) is 9.59 Å². The first-order chi connectivity index (χ1) is 7.90. The topological polar surface area (TPSA) is 92.4 Å². The van der Waals surface area contributed by atoms with Gasteiger partial charge >= 0.3 is 5.97 Å². The van der Waals surface area contributed by atoms with E-state index < -0.39 is 5.97 Å². The van der Waals surface area contributed by atoms with Crippen molar-refractivity contribution in [2.45, 2.75) is 40.5 Å². The second-order valence-corrected chi connectivity index (χ2v) is 3.57. The lowest BCUT2D eigenvalue weighted by Gasteiger charge is -2.03. The van der Waals surface area contributed by atoms with Crippen molar-refractivity contribution >= 4 is 11.9 Å². The number of carbonyl (C=O) groups excluding carboxylic acids is 1. The Morgan fingerprint density at radius 1 is 1.12 bits per heavy atom. The van der Waals surface area contributed by atoms with Crippen LogP contribution in [0.25, 0.3) is 0 Å². The Hall–Kier alpha value is -1.10. The first-order valence-electron chi connectivity index (χ1n) is 5.92. The number of hydrogen-bond donors (Lipinski definition) is 3. The molecule has 5 heteroatoms. The molecule has 0 aromatic carbocycles. The molecule has 17 heavy (non-hydrogen) atoms. The third-order valence-electron chi connectivity index (χ3n) is 2.34. The van der Waals surface area contributed by atoms with E-state index in [1.807, 2.05) is 20.8 Å². The van der Waals surface area contributed by atoms with E-state index in [-0.39, 0.29) is 17.7 Å². The second kappa shape index (κ2) is 14.9. The first kappa shape index (κ1) is 21.2. The smallest absolute Gasteiger partial charge is 0.306 e. The Balaban J connectivity index is -0.000000202. The van der Waals surface area contributed by atoms with Gasteiger partial charge in [0.15, 0.2) is 0 Å².